The topological polar surface area (TPSA) is 288 Å². The predicted octanol–water partition coefficient (Wildman–Crippen LogP) is -2.63. The number of anilines is 4. The normalized spacial score (nSPS) is 11.1. The zero-order chi connectivity index (χ0) is 40.5. The number of rotatable bonds is 10. The Kier molecular flexibility index (Phi) is 14.3. The van der Waals surface area contributed by atoms with Crippen molar-refractivity contribution in [3.05, 3.63) is 131 Å². The minimum Gasteiger partial charge on any atom is -0.545 e. The van der Waals surface area contributed by atoms with E-state index in [9.17, 15) is 60.1 Å². The van der Waals surface area contributed by atoms with Crippen molar-refractivity contribution in [3.63, 3.8) is 0 Å². The van der Waals surface area contributed by atoms with Crippen molar-refractivity contribution in [1.29, 1.82) is 0 Å². The summed E-state index contributed by atoms with van der Waals surface area (Å²) in [5, 5.41) is 34.8. The molecule has 6 rings (SSSR count). The molecule has 0 spiro atoms. The second-order valence-corrected chi connectivity index (χ2v) is 14.7. The van der Waals surface area contributed by atoms with Gasteiger partial charge in [-0.2, -0.15) is 16.8 Å². The fourth-order valence-corrected chi connectivity index (χ4v) is 7.13. The van der Waals surface area contributed by atoms with Crippen molar-refractivity contribution >= 4 is 94.3 Å². The summed E-state index contributed by atoms with van der Waals surface area (Å²) in [5.74, 6) is -5.57. The first-order valence-electron chi connectivity index (χ1n) is 15.8. The summed E-state index contributed by atoms with van der Waals surface area (Å²) < 4.78 is 69.2. The SMILES string of the molecule is O=C(Nc1ccc(C(=O)Nc2cc3ccccc3cc2C(=O)[O-])c(S(=O)(=O)O)c1)Nc1ccc(C(=O)Nc2cc3ccccc3cc2C(=O)[O-])c(S(=O)(=O)O)c1.[Na+].[Na+]. The number of hydrogen-bond donors (Lipinski definition) is 6. The molecule has 0 fully saturated rings. The molecule has 0 aliphatic carbocycles. The van der Waals surface area contributed by atoms with Crippen LogP contribution < -0.4 is 90.6 Å². The van der Waals surface area contributed by atoms with E-state index in [4.69, 9.17) is 0 Å². The number of nitrogens with one attached hydrogen (secondary N) is 4. The molecule has 0 heterocycles. The van der Waals surface area contributed by atoms with Crippen molar-refractivity contribution in [2.75, 3.05) is 21.3 Å². The Hall–Kier alpha value is -5.19. The van der Waals surface area contributed by atoms with Crippen LogP contribution in [0.1, 0.15) is 41.4 Å². The number of hydrogen-bond acceptors (Lipinski definition) is 11. The average molecular weight is 843 g/mol. The Morgan fingerprint density at radius 1 is 0.448 bits per heavy atom. The van der Waals surface area contributed by atoms with Gasteiger partial charge in [0.05, 0.1) is 34.4 Å². The van der Waals surface area contributed by atoms with Gasteiger partial charge >= 0.3 is 65.1 Å². The largest absolute Gasteiger partial charge is 1.00 e. The van der Waals surface area contributed by atoms with Gasteiger partial charge in [0.1, 0.15) is 9.79 Å². The molecule has 0 radical (unpaired) electrons. The monoisotopic (exact) mass is 842 g/mol. The van der Waals surface area contributed by atoms with E-state index in [0.29, 0.717) is 33.7 Å². The fourth-order valence-electron chi connectivity index (χ4n) is 5.70. The van der Waals surface area contributed by atoms with Crippen LogP contribution >= 0.6 is 0 Å². The molecule has 6 aromatic carbocycles. The van der Waals surface area contributed by atoms with Crippen molar-refractivity contribution in [1.82, 2.24) is 0 Å². The summed E-state index contributed by atoms with van der Waals surface area (Å²) in [6, 6.07) is 22.6. The van der Waals surface area contributed by atoms with Crippen molar-refractivity contribution < 1.29 is 119 Å². The van der Waals surface area contributed by atoms with Crippen LogP contribution in [0.25, 0.3) is 21.5 Å². The minimum absolute atomic E-state index is 0. The third-order valence-corrected chi connectivity index (χ3v) is 10.0. The average Bonchev–Trinajstić information content (AvgIpc) is 3.13. The van der Waals surface area contributed by atoms with E-state index in [1.807, 2.05) is 0 Å². The Labute approximate surface area is 372 Å². The summed E-state index contributed by atoms with van der Waals surface area (Å²) in [5.41, 5.74) is -3.20. The van der Waals surface area contributed by atoms with Crippen molar-refractivity contribution in [3.8, 4) is 0 Å². The van der Waals surface area contributed by atoms with E-state index in [-0.39, 0.29) is 81.9 Å². The van der Waals surface area contributed by atoms with E-state index in [1.54, 1.807) is 48.5 Å². The molecule has 0 aromatic heterocycles. The van der Waals surface area contributed by atoms with Gasteiger partial charge in [-0.3, -0.25) is 18.7 Å². The quantitative estimate of drug-likeness (QED) is 0.0609. The molecule has 0 saturated heterocycles. The first kappa shape index (κ1) is 45.5. The molecule has 0 bridgehead atoms. The summed E-state index contributed by atoms with van der Waals surface area (Å²) in [6.45, 7) is 0. The van der Waals surface area contributed by atoms with E-state index in [0.717, 1.165) is 24.3 Å². The van der Waals surface area contributed by atoms with Gasteiger partial charge < -0.3 is 41.1 Å². The molecule has 0 unspecified atom stereocenters. The number of aromatic carboxylic acids is 2. The van der Waals surface area contributed by atoms with E-state index in [1.165, 1.54) is 24.3 Å². The summed E-state index contributed by atoms with van der Waals surface area (Å²) in [4.78, 5) is 61.0. The van der Waals surface area contributed by atoms with Crippen LogP contribution in [0.4, 0.5) is 27.5 Å². The van der Waals surface area contributed by atoms with Crippen molar-refractivity contribution in [2.45, 2.75) is 9.79 Å². The van der Waals surface area contributed by atoms with Crippen LogP contribution in [-0.4, -0.2) is 55.7 Å². The van der Waals surface area contributed by atoms with Crippen LogP contribution in [-0.2, 0) is 20.2 Å². The number of carbonyl (C=O) groups excluding carboxylic acids is 5. The number of carboxylic acid groups (broad SMARTS) is 2. The molecule has 284 valence electrons. The molecular weight excluding hydrogens is 819 g/mol. The Balaban J connectivity index is 0.00000372. The maximum absolute atomic E-state index is 13.2. The number of carboxylic acids is 2. The predicted molar refractivity (Wildman–Crippen MR) is 198 cm³/mol. The number of urea groups is 1. The number of carbonyl (C=O) groups is 5. The molecule has 21 heteroatoms. The van der Waals surface area contributed by atoms with Crippen LogP contribution in [0, 0.1) is 0 Å². The van der Waals surface area contributed by atoms with Crippen LogP contribution in [0.15, 0.2) is 119 Å². The van der Waals surface area contributed by atoms with Gasteiger partial charge in [-0.25, -0.2) is 4.79 Å². The van der Waals surface area contributed by atoms with Gasteiger partial charge in [0.15, 0.2) is 0 Å². The molecule has 0 saturated carbocycles. The second-order valence-electron chi connectivity index (χ2n) is 11.9. The third kappa shape index (κ3) is 10.3. The standard InChI is InChI=1S/C37H26N4O13S2.2Na/c42-33(40-29-15-21-7-3-1-5-19(21)13-27(29)35(44)45)25-11-9-23(17-31(25)55(49,50)51)38-37(48)39-24-10-12-26(32(18-24)56(52,53)54)34(43)41-30-16-22-8-4-2-6-20(22)14-28(30)36(46)47;;/h1-18H,(H,40,42)(H,41,43)(H,44,45)(H,46,47)(H2,38,39,48)(H,49,50,51)(H,52,53,54);;/q;2*+1/p-2. The molecule has 4 amide bonds. The Morgan fingerprint density at radius 2 is 0.776 bits per heavy atom. The molecule has 58 heavy (non-hydrogen) atoms. The Morgan fingerprint density at radius 3 is 1.09 bits per heavy atom. The zero-order valence-corrected chi connectivity index (χ0v) is 35.7. The number of benzene rings is 6. The zero-order valence-electron chi connectivity index (χ0n) is 30.1. The van der Waals surface area contributed by atoms with E-state index >= 15 is 0 Å². The van der Waals surface area contributed by atoms with Gasteiger partial charge in [0.2, 0.25) is 0 Å². The number of fused-ring (bicyclic) bond motifs is 2. The third-order valence-electron chi connectivity index (χ3n) is 8.23. The first-order valence-corrected chi connectivity index (χ1v) is 18.7. The van der Waals surface area contributed by atoms with E-state index in [2.05, 4.69) is 21.3 Å². The van der Waals surface area contributed by atoms with Crippen LogP contribution in [0.5, 0.6) is 0 Å². The molecule has 0 atom stereocenters. The summed E-state index contributed by atoms with van der Waals surface area (Å²) in [7, 11) is -10.3. The first-order chi connectivity index (χ1) is 26.4. The Bertz CT molecular complexity index is 2710. The van der Waals surface area contributed by atoms with E-state index < -0.39 is 82.1 Å². The number of amides is 4. The maximum Gasteiger partial charge on any atom is 1.00 e. The van der Waals surface area contributed by atoms with Gasteiger partial charge in [-0.1, -0.05) is 48.5 Å². The molecular formula is C37H24N4Na2O13S2. The molecule has 0 aliphatic heterocycles. The van der Waals surface area contributed by atoms with Crippen molar-refractivity contribution in [2.24, 2.45) is 0 Å². The maximum atomic E-state index is 13.2. The van der Waals surface area contributed by atoms with Gasteiger partial charge in [-0.05, 0) is 82.2 Å². The summed E-state index contributed by atoms with van der Waals surface area (Å²) >= 11 is 0. The molecule has 0 aliphatic rings. The van der Waals surface area contributed by atoms with Gasteiger partial charge in [-0.15, -0.1) is 0 Å². The van der Waals surface area contributed by atoms with Crippen LogP contribution in [0.2, 0.25) is 0 Å². The summed E-state index contributed by atoms with van der Waals surface area (Å²) in [6.07, 6.45) is 0. The second kappa shape index (κ2) is 18.2. The molecule has 17 nitrogen and oxygen atoms in total. The van der Waals surface area contributed by atoms with Gasteiger partial charge in [0.25, 0.3) is 32.1 Å². The fraction of sp³-hybridized carbons (Fsp3) is 0. The molecule has 6 aromatic rings. The van der Waals surface area contributed by atoms with Gasteiger partial charge in [0, 0.05) is 22.5 Å². The van der Waals surface area contributed by atoms with Crippen LogP contribution in [0.3, 0.4) is 0 Å². The molecule has 6 N–H and O–H groups in total. The smallest absolute Gasteiger partial charge is 0.545 e. The minimum atomic E-state index is -5.15.